The van der Waals surface area contributed by atoms with Crippen molar-refractivity contribution in [1.82, 2.24) is 19.7 Å². The van der Waals surface area contributed by atoms with Crippen LogP contribution in [-0.4, -0.2) is 38.8 Å². The predicted molar refractivity (Wildman–Crippen MR) is 96.8 cm³/mol. The van der Waals surface area contributed by atoms with Crippen LogP contribution in [0.15, 0.2) is 42.7 Å². The van der Waals surface area contributed by atoms with Crippen LogP contribution in [0.5, 0.6) is 0 Å². The van der Waals surface area contributed by atoms with Gasteiger partial charge in [0.05, 0.1) is 11.6 Å². The van der Waals surface area contributed by atoms with Gasteiger partial charge < -0.3 is 15.4 Å². The number of hydrogen-bond acceptors (Lipinski definition) is 6. The highest BCUT2D eigenvalue weighted by atomic mass is 16.5. The summed E-state index contributed by atoms with van der Waals surface area (Å²) in [7, 11) is 0. The summed E-state index contributed by atoms with van der Waals surface area (Å²) in [6, 6.07) is 9.46. The number of nitrogens with two attached hydrogens (primary N) is 1. The topological polar surface area (TPSA) is 99.2 Å². The molecule has 0 bridgehead atoms. The van der Waals surface area contributed by atoms with Gasteiger partial charge in [-0.1, -0.05) is 18.2 Å². The van der Waals surface area contributed by atoms with Gasteiger partial charge in [0, 0.05) is 18.5 Å². The number of carbonyl (C=O) groups excluding carboxylic acids is 1. The highest BCUT2D eigenvalue weighted by Gasteiger charge is 2.21. The summed E-state index contributed by atoms with van der Waals surface area (Å²) in [6.07, 6.45) is 6.39. The molecule has 1 aromatic carbocycles. The van der Waals surface area contributed by atoms with E-state index in [1.54, 1.807) is 22.0 Å². The Morgan fingerprint density at radius 3 is 2.85 bits per heavy atom. The normalized spacial score (nSPS) is 17.3. The Morgan fingerprint density at radius 1 is 1.27 bits per heavy atom. The molecule has 1 unspecified atom stereocenters. The number of hydrogen-bond donors (Lipinski definition) is 1. The molecule has 4 rings (SSSR count). The second-order valence-electron chi connectivity index (χ2n) is 6.25. The minimum Gasteiger partial charge on any atom is -0.368 e. The smallest absolute Gasteiger partial charge is 0.237 e. The highest BCUT2D eigenvalue weighted by molar-refractivity contribution is 5.83. The van der Waals surface area contributed by atoms with Crippen molar-refractivity contribution in [2.45, 2.75) is 25.5 Å². The number of anilines is 2. The fraction of sp³-hybridized carbons (Fsp3) is 0.333. The summed E-state index contributed by atoms with van der Waals surface area (Å²) in [4.78, 5) is 22.3. The fourth-order valence-corrected chi connectivity index (χ4v) is 3.13. The largest absolute Gasteiger partial charge is 0.368 e. The van der Waals surface area contributed by atoms with Crippen LogP contribution < -0.4 is 10.6 Å². The minimum atomic E-state index is -0.457. The number of primary amides is 1. The molecule has 1 amide bonds. The van der Waals surface area contributed by atoms with Crippen molar-refractivity contribution >= 4 is 28.6 Å². The first-order valence-electron chi connectivity index (χ1n) is 8.65. The van der Waals surface area contributed by atoms with Gasteiger partial charge in [0.25, 0.3) is 0 Å². The number of ether oxygens (including phenoxy) is 1. The van der Waals surface area contributed by atoms with Gasteiger partial charge in [-0.2, -0.15) is 10.1 Å². The maximum absolute atomic E-state index is 11.6. The Labute approximate surface area is 150 Å². The van der Waals surface area contributed by atoms with Crippen molar-refractivity contribution < 1.29 is 9.53 Å². The standard InChI is InChI=1S/C18H20N6O2/c19-15(25)12-23(14-6-2-1-3-7-14)18-20-10-13-11-21-24(17(13)22-18)16-8-4-5-9-26-16/h1-3,6-7,10-11,16H,4-5,8-9,12H2,(H2,19,25). The van der Waals surface area contributed by atoms with E-state index in [9.17, 15) is 4.79 Å². The van der Waals surface area contributed by atoms with E-state index < -0.39 is 5.91 Å². The molecule has 134 valence electrons. The van der Waals surface area contributed by atoms with Crippen LogP contribution >= 0.6 is 0 Å². The van der Waals surface area contributed by atoms with Gasteiger partial charge in [-0.3, -0.25) is 4.79 Å². The molecule has 3 aromatic rings. The van der Waals surface area contributed by atoms with Gasteiger partial charge in [-0.15, -0.1) is 0 Å². The quantitative estimate of drug-likeness (QED) is 0.755. The number of amides is 1. The average Bonchev–Trinajstić information content (AvgIpc) is 3.10. The third kappa shape index (κ3) is 3.23. The van der Waals surface area contributed by atoms with Crippen LogP contribution in [0.2, 0.25) is 0 Å². The molecule has 2 aromatic heterocycles. The second kappa shape index (κ2) is 7.09. The number of para-hydroxylation sites is 1. The van der Waals surface area contributed by atoms with Crippen LogP contribution in [0, 0.1) is 0 Å². The Morgan fingerprint density at radius 2 is 2.12 bits per heavy atom. The lowest BCUT2D eigenvalue weighted by Crippen LogP contribution is -2.31. The summed E-state index contributed by atoms with van der Waals surface area (Å²) in [6.45, 7) is 0.714. The Hall–Kier alpha value is -3.00. The summed E-state index contributed by atoms with van der Waals surface area (Å²) in [5, 5.41) is 5.26. The predicted octanol–water partition coefficient (Wildman–Crippen LogP) is 2.15. The average molecular weight is 352 g/mol. The maximum atomic E-state index is 11.6. The van der Waals surface area contributed by atoms with Gasteiger partial charge in [0.15, 0.2) is 11.9 Å². The molecule has 1 saturated heterocycles. The van der Waals surface area contributed by atoms with E-state index in [-0.39, 0.29) is 12.8 Å². The molecule has 8 heteroatoms. The van der Waals surface area contributed by atoms with Gasteiger partial charge in [0.2, 0.25) is 11.9 Å². The molecule has 1 aliphatic heterocycles. The first-order valence-corrected chi connectivity index (χ1v) is 8.65. The van der Waals surface area contributed by atoms with Crippen molar-refractivity contribution in [2.75, 3.05) is 18.1 Å². The number of rotatable bonds is 5. The number of carbonyl (C=O) groups is 1. The van der Waals surface area contributed by atoms with Crippen LogP contribution in [0.3, 0.4) is 0 Å². The summed E-state index contributed by atoms with van der Waals surface area (Å²) in [5.74, 6) is -0.0540. The van der Waals surface area contributed by atoms with Gasteiger partial charge in [0.1, 0.15) is 6.54 Å². The Bertz CT molecular complexity index is 904. The number of nitrogens with zero attached hydrogens (tertiary/aromatic N) is 5. The fourth-order valence-electron chi connectivity index (χ4n) is 3.13. The number of aromatic nitrogens is 4. The molecule has 0 saturated carbocycles. The van der Waals surface area contributed by atoms with Crippen LogP contribution in [0.4, 0.5) is 11.6 Å². The van der Waals surface area contributed by atoms with Crippen molar-refractivity contribution in [3.8, 4) is 0 Å². The van der Waals surface area contributed by atoms with Gasteiger partial charge in [-0.25, -0.2) is 9.67 Å². The molecule has 1 fully saturated rings. The molecule has 3 heterocycles. The van der Waals surface area contributed by atoms with Crippen LogP contribution in [0.1, 0.15) is 25.5 Å². The van der Waals surface area contributed by atoms with Crippen LogP contribution in [-0.2, 0) is 9.53 Å². The first kappa shape index (κ1) is 16.5. The summed E-state index contributed by atoms with van der Waals surface area (Å²) in [5.41, 5.74) is 6.92. The highest BCUT2D eigenvalue weighted by Crippen LogP contribution is 2.27. The van der Waals surface area contributed by atoms with Gasteiger partial charge in [-0.05, 0) is 31.4 Å². The first-order chi connectivity index (χ1) is 12.7. The monoisotopic (exact) mass is 352 g/mol. The van der Waals surface area contributed by atoms with E-state index in [0.29, 0.717) is 11.6 Å². The number of benzene rings is 1. The number of fused-ring (bicyclic) bond motifs is 1. The van der Waals surface area contributed by atoms with Crippen molar-refractivity contribution in [2.24, 2.45) is 5.73 Å². The molecule has 1 atom stereocenters. The van der Waals surface area contributed by atoms with Crippen LogP contribution in [0.25, 0.3) is 11.0 Å². The molecule has 0 radical (unpaired) electrons. The van der Waals surface area contributed by atoms with Crippen molar-refractivity contribution in [3.05, 3.63) is 42.7 Å². The molecular weight excluding hydrogens is 332 g/mol. The van der Waals surface area contributed by atoms with Crippen molar-refractivity contribution in [1.29, 1.82) is 0 Å². The zero-order chi connectivity index (χ0) is 17.9. The summed E-state index contributed by atoms with van der Waals surface area (Å²) >= 11 is 0. The molecular formula is C18H20N6O2. The molecule has 8 nitrogen and oxygen atoms in total. The zero-order valence-electron chi connectivity index (χ0n) is 14.3. The van der Waals surface area contributed by atoms with E-state index in [1.165, 1.54) is 0 Å². The molecule has 0 spiro atoms. The summed E-state index contributed by atoms with van der Waals surface area (Å²) < 4.78 is 7.63. The lowest BCUT2D eigenvalue weighted by atomic mass is 10.2. The lowest BCUT2D eigenvalue weighted by Gasteiger charge is -2.24. The van der Waals surface area contributed by atoms with E-state index in [4.69, 9.17) is 10.5 Å². The Kier molecular flexibility index (Phi) is 4.49. The SMILES string of the molecule is NC(=O)CN(c1ccccc1)c1ncc2cnn(C3CCCCO3)c2n1. The molecule has 1 aliphatic rings. The maximum Gasteiger partial charge on any atom is 0.237 e. The zero-order valence-corrected chi connectivity index (χ0v) is 14.3. The van der Waals surface area contributed by atoms with E-state index in [2.05, 4.69) is 15.1 Å². The minimum absolute atomic E-state index is 0.0103. The van der Waals surface area contributed by atoms with Gasteiger partial charge >= 0.3 is 0 Å². The molecule has 26 heavy (non-hydrogen) atoms. The molecule has 0 aliphatic carbocycles. The third-order valence-corrected chi connectivity index (χ3v) is 4.37. The third-order valence-electron chi connectivity index (χ3n) is 4.37. The van der Waals surface area contributed by atoms with E-state index in [1.807, 2.05) is 30.3 Å². The molecule has 2 N–H and O–H groups in total. The van der Waals surface area contributed by atoms with E-state index in [0.717, 1.165) is 36.9 Å². The lowest BCUT2D eigenvalue weighted by molar-refractivity contribution is -0.116. The Balaban J connectivity index is 1.75. The van der Waals surface area contributed by atoms with Crippen molar-refractivity contribution in [3.63, 3.8) is 0 Å². The van der Waals surface area contributed by atoms with E-state index >= 15 is 0 Å². The second-order valence-corrected chi connectivity index (χ2v) is 6.25.